The summed E-state index contributed by atoms with van der Waals surface area (Å²) in [6, 6.07) is 15.5. The van der Waals surface area contributed by atoms with E-state index >= 15 is 0 Å². The van der Waals surface area contributed by atoms with Crippen molar-refractivity contribution in [1.29, 1.82) is 0 Å². The minimum atomic E-state index is -0.326. The smallest absolute Gasteiger partial charge is 0.254 e. The molecule has 2 aromatic carbocycles. The molecule has 182 valence electrons. The molecule has 2 N–H and O–H groups in total. The number of fused-ring (bicyclic) bond motifs is 3. The van der Waals surface area contributed by atoms with E-state index in [9.17, 15) is 4.79 Å². The Morgan fingerprint density at radius 1 is 1.06 bits per heavy atom. The lowest BCUT2D eigenvalue weighted by Crippen LogP contribution is -2.34. The zero-order valence-corrected chi connectivity index (χ0v) is 20.1. The van der Waals surface area contributed by atoms with E-state index in [1.165, 1.54) is 5.56 Å². The zero-order valence-electron chi connectivity index (χ0n) is 20.1. The van der Waals surface area contributed by atoms with Gasteiger partial charge in [0.05, 0.1) is 38.0 Å². The number of pyridine rings is 1. The normalized spacial score (nSPS) is 15.9. The van der Waals surface area contributed by atoms with Gasteiger partial charge in [0.1, 0.15) is 11.6 Å². The standard InChI is InChI=1S/C28H27N5O3/c1-17(27-30-9-2-10-31-27)33(12-18-3-5-19(6-4-18)21-13-35-14-21)28(34)20-7-8-25-22(11-20)23-15-36-16-24(23)26(29)32-25/h2-11,17,21H,12-16H2,1H3,(H2,29,32). The molecule has 1 saturated heterocycles. The first-order chi connectivity index (χ1) is 17.6. The molecule has 0 bridgehead atoms. The third-order valence-electron chi connectivity index (χ3n) is 7.11. The highest BCUT2D eigenvalue weighted by molar-refractivity contribution is 5.99. The molecule has 4 aromatic rings. The fourth-order valence-corrected chi connectivity index (χ4v) is 4.84. The minimum absolute atomic E-state index is 0.0992. The number of amides is 1. The summed E-state index contributed by atoms with van der Waals surface area (Å²) in [6.45, 7) is 4.83. The van der Waals surface area contributed by atoms with Gasteiger partial charge in [-0.15, -0.1) is 0 Å². The van der Waals surface area contributed by atoms with Crippen molar-refractivity contribution in [3.63, 3.8) is 0 Å². The molecule has 0 saturated carbocycles. The lowest BCUT2D eigenvalue weighted by Gasteiger charge is -2.29. The van der Waals surface area contributed by atoms with Crippen molar-refractivity contribution in [2.24, 2.45) is 0 Å². The molecule has 6 rings (SSSR count). The van der Waals surface area contributed by atoms with Crippen molar-refractivity contribution < 1.29 is 14.3 Å². The topological polar surface area (TPSA) is 103 Å². The number of nitrogens with zero attached hydrogens (tertiary/aromatic N) is 4. The highest BCUT2D eigenvalue weighted by Gasteiger charge is 2.27. The van der Waals surface area contributed by atoms with Crippen LogP contribution in [0.15, 0.2) is 60.9 Å². The molecule has 8 nitrogen and oxygen atoms in total. The van der Waals surface area contributed by atoms with Gasteiger partial charge in [0.25, 0.3) is 5.91 Å². The van der Waals surface area contributed by atoms with Crippen LogP contribution in [-0.2, 0) is 29.2 Å². The van der Waals surface area contributed by atoms with E-state index < -0.39 is 0 Å². The molecular weight excluding hydrogens is 454 g/mol. The molecule has 2 aliphatic heterocycles. The Morgan fingerprint density at radius 3 is 2.53 bits per heavy atom. The van der Waals surface area contributed by atoms with Crippen LogP contribution in [-0.4, -0.2) is 39.0 Å². The SMILES string of the molecule is CC(c1ncccn1)N(Cc1ccc(C2COC2)cc1)C(=O)c1ccc2nc(N)c3c(c2c1)COC3. The molecule has 2 aliphatic rings. The fourth-order valence-electron chi connectivity index (χ4n) is 4.84. The van der Waals surface area contributed by atoms with Crippen LogP contribution in [0.4, 0.5) is 5.82 Å². The molecule has 8 heteroatoms. The van der Waals surface area contributed by atoms with Crippen molar-refractivity contribution in [3.8, 4) is 0 Å². The number of nitrogens with two attached hydrogens (primary N) is 1. The summed E-state index contributed by atoms with van der Waals surface area (Å²) >= 11 is 0. The van der Waals surface area contributed by atoms with Gasteiger partial charge in [0.2, 0.25) is 0 Å². The average Bonchev–Trinajstić information content (AvgIpc) is 3.38. The second kappa shape index (κ2) is 9.29. The summed E-state index contributed by atoms with van der Waals surface area (Å²) in [6.07, 6.45) is 3.40. The first-order valence-corrected chi connectivity index (χ1v) is 12.1. The van der Waals surface area contributed by atoms with Crippen LogP contribution in [0.3, 0.4) is 0 Å². The van der Waals surface area contributed by atoms with E-state index in [1.807, 2.05) is 30.0 Å². The number of rotatable bonds is 6. The first-order valence-electron chi connectivity index (χ1n) is 12.1. The van der Waals surface area contributed by atoms with Crippen molar-refractivity contribution in [1.82, 2.24) is 19.9 Å². The van der Waals surface area contributed by atoms with Gasteiger partial charge in [-0.25, -0.2) is 15.0 Å². The third kappa shape index (κ3) is 4.08. The van der Waals surface area contributed by atoms with Gasteiger partial charge < -0.3 is 20.1 Å². The Bertz CT molecular complexity index is 1420. The quantitative estimate of drug-likeness (QED) is 0.441. The minimum Gasteiger partial charge on any atom is -0.383 e. The van der Waals surface area contributed by atoms with E-state index in [0.717, 1.165) is 40.8 Å². The number of hydrogen-bond acceptors (Lipinski definition) is 7. The first kappa shape index (κ1) is 22.6. The number of benzene rings is 2. The van der Waals surface area contributed by atoms with Crippen LogP contribution in [0, 0.1) is 0 Å². The van der Waals surface area contributed by atoms with Crippen LogP contribution >= 0.6 is 0 Å². The Morgan fingerprint density at radius 2 is 1.81 bits per heavy atom. The lowest BCUT2D eigenvalue weighted by atomic mass is 9.96. The molecule has 0 spiro atoms. The van der Waals surface area contributed by atoms with Crippen molar-refractivity contribution in [3.05, 3.63) is 94.6 Å². The molecular formula is C28H27N5O3. The van der Waals surface area contributed by atoms with E-state index in [-0.39, 0.29) is 11.9 Å². The molecule has 36 heavy (non-hydrogen) atoms. The number of aromatic nitrogens is 3. The highest BCUT2D eigenvalue weighted by Crippen LogP contribution is 2.32. The number of carbonyl (C=O) groups excluding carboxylic acids is 1. The van der Waals surface area contributed by atoms with Gasteiger partial charge in [-0.3, -0.25) is 4.79 Å². The summed E-state index contributed by atoms with van der Waals surface area (Å²) in [7, 11) is 0. The molecule has 2 aromatic heterocycles. The van der Waals surface area contributed by atoms with Crippen LogP contribution < -0.4 is 5.73 Å². The summed E-state index contributed by atoms with van der Waals surface area (Å²) in [4.78, 5) is 29.2. The summed E-state index contributed by atoms with van der Waals surface area (Å²) < 4.78 is 10.9. The van der Waals surface area contributed by atoms with Crippen LogP contribution in [0.5, 0.6) is 0 Å². The van der Waals surface area contributed by atoms with Crippen molar-refractivity contribution in [2.75, 3.05) is 18.9 Å². The Kier molecular flexibility index (Phi) is 5.83. The average molecular weight is 482 g/mol. The summed E-state index contributed by atoms with van der Waals surface area (Å²) in [5.41, 5.74) is 11.7. The maximum atomic E-state index is 14.0. The maximum Gasteiger partial charge on any atom is 0.254 e. The number of anilines is 1. The van der Waals surface area contributed by atoms with Crippen molar-refractivity contribution in [2.45, 2.75) is 38.6 Å². The number of carbonyl (C=O) groups is 1. The molecule has 1 unspecified atom stereocenters. The van der Waals surface area contributed by atoms with Crippen LogP contribution in [0.25, 0.3) is 10.9 Å². The Labute approximate surface area is 209 Å². The molecule has 1 amide bonds. The zero-order chi connectivity index (χ0) is 24.6. The molecule has 0 radical (unpaired) electrons. The van der Waals surface area contributed by atoms with Gasteiger partial charge in [-0.2, -0.15) is 0 Å². The Balaban J connectivity index is 1.35. The predicted molar refractivity (Wildman–Crippen MR) is 135 cm³/mol. The van der Waals surface area contributed by atoms with Gasteiger partial charge in [-0.1, -0.05) is 24.3 Å². The highest BCUT2D eigenvalue weighted by atomic mass is 16.5. The molecule has 1 fully saturated rings. The second-order valence-electron chi connectivity index (χ2n) is 9.37. The number of ether oxygens (including phenoxy) is 2. The predicted octanol–water partition coefficient (Wildman–Crippen LogP) is 4.15. The molecule has 4 heterocycles. The fraction of sp³-hybridized carbons (Fsp3) is 0.286. The second-order valence-corrected chi connectivity index (χ2v) is 9.37. The largest absolute Gasteiger partial charge is 0.383 e. The number of hydrogen-bond donors (Lipinski definition) is 1. The third-order valence-corrected chi connectivity index (χ3v) is 7.11. The monoisotopic (exact) mass is 481 g/mol. The lowest BCUT2D eigenvalue weighted by molar-refractivity contribution is 0.00841. The van der Waals surface area contributed by atoms with E-state index in [4.69, 9.17) is 15.2 Å². The van der Waals surface area contributed by atoms with E-state index in [1.54, 1.807) is 18.5 Å². The van der Waals surface area contributed by atoms with Crippen LogP contribution in [0.2, 0.25) is 0 Å². The Hall–Kier alpha value is -3.88. The maximum absolute atomic E-state index is 14.0. The van der Waals surface area contributed by atoms with E-state index in [0.29, 0.717) is 42.9 Å². The summed E-state index contributed by atoms with van der Waals surface area (Å²) in [5.74, 6) is 1.44. The van der Waals surface area contributed by atoms with Gasteiger partial charge in [0.15, 0.2) is 0 Å². The molecule has 0 aliphatic carbocycles. The van der Waals surface area contributed by atoms with Gasteiger partial charge in [0, 0.05) is 41.4 Å². The number of nitrogen functional groups attached to an aromatic ring is 1. The molecule has 1 atom stereocenters. The van der Waals surface area contributed by atoms with Gasteiger partial charge in [-0.05, 0) is 47.9 Å². The summed E-state index contributed by atoms with van der Waals surface area (Å²) in [5, 5.41) is 0.901. The van der Waals surface area contributed by atoms with E-state index in [2.05, 4.69) is 39.2 Å². The van der Waals surface area contributed by atoms with Crippen LogP contribution in [0.1, 0.15) is 57.3 Å². The van der Waals surface area contributed by atoms with Gasteiger partial charge >= 0.3 is 0 Å². The van der Waals surface area contributed by atoms with Crippen molar-refractivity contribution >= 4 is 22.6 Å².